The molecule has 1 aromatic heterocycles. The van der Waals surface area contributed by atoms with Gasteiger partial charge in [0.1, 0.15) is 0 Å². The van der Waals surface area contributed by atoms with Gasteiger partial charge in [0, 0.05) is 17.3 Å². The fourth-order valence-electron chi connectivity index (χ4n) is 6.19. The maximum atomic E-state index is 2.51. The van der Waals surface area contributed by atoms with Gasteiger partial charge in [-0.25, -0.2) is 0 Å². The van der Waals surface area contributed by atoms with Crippen LogP contribution in [0.15, 0.2) is 109 Å². The zero-order valence-corrected chi connectivity index (χ0v) is 24.1. The Morgan fingerprint density at radius 1 is 0.641 bits per heavy atom. The normalized spacial score (nSPS) is 15.9. The molecule has 0 saturated heterocycles. The molecule has 196 valence electrons. The first kappa shape index (κ1) is 25.4. The first-order chi connectivity index (χ1) is 18.6. The number of benzene rings is 4. The van der Waals surface area contributed by atoms with Crippen LogP contribution in [-0.4, -0.2) is 4.57 Å². The van der Waals surface area contributed by atoms with E-state index in [1.807, 2.05) is 0 Å². The average molecular weight is 510 g/mol. The SMILES string of the molecule is CC(C)(C)c1cccc2cc3c(C(C)(C)C)cc(-n4c(-c5ccccc5)ccc4C4C=CC=CC4)cc3cc12. The van der Waals surface area contributed by atoms with Gasteiger partial charge < -0.3 is 4.57 Å². The molecule has 0 amide bonds. The minimum atomic E-state index is -0.00270. The summed E-state index contributed by atoms with van der Waals surface area (Å²) in [7, 11) is 0. The average Bonchev–Trinajstić information content (AvgIpc) is 3.36. The van der Waals surface area contributed by atoms with Crippen molar-refractivity contribution in [1.29, 1.82) is 0 Å². The second kappa shape index (κ2) is 9.42. The van der Waals surface area contributed by atoms with Crippen molar-refractivity contribution in [2.45, 2.75) is 64.7 Å². The highest BCUT2D eigenvalue weighted by Crippen LogP contribution is 2.40. The summed E-state index contributed by atoms with van der Waals surface area (Å²) >= 11 is 0. The van der Waals surface area contributed by atoms with E-state index in [1.165, 1.54) is 55.3 Å². The summed E-state index contributed by atoms with van der Waals surface area (Å²) in [5.41, 5.74) is 7.91. The maximum absolute atomic E-state index is 2.51. The summed E-state index contributed by atoms with van der Waals surface area (Å²) in [5, 5.41) is 5.32. The number of nitrogens with zero attached hydrogens (tertiary/aromatic N) is 1. The topological polar surface area (TPSA) is 4.93 Å². The Labute approximate surface area is 233 Å². The van der Waals surface area contributed by atoms with E-state index in [0.717, 1.165) is 6.42 Å². The predicted octanol–water partition coefficient (Wildman–Crippen LogP) is 10.6. The number of rotatable bonds is 3. The van der Waals surface area contributed by atoms with E-state index < -0.39 is 0 Å². The maximum Gasteiger partial charge on any atom is 0.0531 e. The van der Waals surface area contributed by atoms with Crippen LogP contribution >= 0.6 is 0 Å². The standard InChI is InChI=1S/C38H39N/c1-37(2,3)33-19-13-18-28-23-32-29(24-31(28)33)22-30(25-34(32)38(4,5)6)39-35(26-14-9-7-10-15-26)20-21-36(39)27-16-11-8-12-17-27/h7-16,18-25,27H,17H2,1-6H3. The molecule has 1 aliphatic carbocycles. The van der Waals surface area contributed by atoms with Crippen molar-refractivity contribution in [1.82, 2.24) is 4.57 Å². The lowest BCUT2D eigenvalue weighted by Gasteiger charge is -2.26. The van der Waals surface area contributed by atoms with Crippen LogP contribution in [0, 0.1) is 0 Å². The van der Waals surface area contributed by atoms with Crippen LogP contribution in [0.5, 0.6) is 0 Å². The molecule has 1 aliphatic rings. The second-order valence-corrected chi connectivity index (χ2v) is 13.1. The molecule has 4 aromatic carbocycles. The van der Waals surface area contributed by atoms with Crippen molar-refractivity contribution in [3.05, 3.63) is 126 Å². The van der Waals surface area contributed by atoms with Crippen LogP contribution in [0.4, 0.5) is 0 Å². The lowest BCUT2D eigenvalue weighted by Crippen LogP contribution is -2.14. The van der Waals surface area contributed by atoms with Gasteiger partial charge in [-0.2, -0.15) is 0 Å². The molecule has 1 nitrogen and oxygen atoms in total. The molecule has 1 unspecified atom stereocenters. The molecule has 0 N–H and O–H groups in total. The molecule has 1 atom stereocenters. The number of hydrogen-bond acceptors (Lipinski definition) is 0. The summed E-state index contributed by atoms with van der Waals surface area (Å²) < 4.78 is 2.51. The number of aromatic nitrogens is 1. The van der Waals surface area contributed by atoms with E-state index >= 15 is 0 Å². The fourth-order valence-corrected chi connectivity index (χ4v) is 6.19. The van der Waals surface area contributed by atoms with Crippen LogP contribution in [0.3, 0.4) is 0 Å². The molecular weight excluding hydrogens is 470 g/mol. The van der Waals surface area contributed by atoms with Gasteiger partial charge in [-0.05, 0) is 91.9 Å². The lowest BCUT2D eigenvalue weighted by molar-refractivity contribution is 0.594. The summed E-state index contributed by atoms with van der Waals surface area (Å²) in [6.45, 7) is 14.0. The lowest BCUT2D eigenvalue weighted by atomic mass is 9.80. The van der Waals surface area contributed by atoms with Gasteiger partial charge in [-0.15, -0.1) is 0 Å². The second-order valence-electron chi connectivity index (χ2n) is 13.1. The van der Waals surface area contributed by atoms with Gasteiger partial charge in [-0.3, -0.25) is 0 Å². The van der Waals surface area contributed by atoms with Crippen LogP contribution in [0.1, 0.15) is 70.7 Å². The molecule has 0 spiro atoms. The van der Waals surface area contributed by atoms with Gasteiger partial charge in [0.15, 0.2) is 0 Å². The predicted molar refractivity (Wildman–Crippen MR) is 169 cm³/mol. The van der Waals surface area contributed by atoms with Gasteiger partial charge in [0.05, 0.1) is 5.69 Å². The Hall–Kier alpha value is -3.84. The van der Waals surface area contributed by atoms with Crippen LogP contribution < -0.4 is 0 Å². The first-order valence-corrected chi connectivity index (χ1v) is 14.2. The summed E-state index contributed by atoms with van der Waals surface area (Å²) in [5.74, 6) is 0.352. The van der Waals surface area contributed by atoms with E-state index in [2.05, 4.69) is 155 Å². The molecular formula is C38H39N. The third kappa shape index (κ3) is 4.65. The Morgan fingerprint density at radius 2 is 1.36 bits per heavy atom. The molecule has 0 aliphatic heterocycles. The quantitative estimate of drug-likeness (QED) is 0.213. The molecule has 39 heavy (non-hydrogen) atoms. The molecule has 1 heteroatoms. The number of fused-ring (bicyclic) bond motifs is 2. The molecule has 0 fully saturated rings. The van der Waals surface area contributed by atoms with Crippen molar-refractivity contribution in [3.63, 3.8) is 0 Å². The van der Waals surface area contributed by atoms with Crippen LogP contribution in [0.25, 0.3) is 38.5 Å². The Kier molecular flexibility index (Phi) is 6.14. The van der Waals surface area contributed by atoms with Crippen molar-refractivity contribution in [2.24, 2.45) is 0 Å². The van der Waals surface area contributed by atoms with Crippen molar-refractivity contribution in [2.75, 3.05) is 0 Å². The highest BCUT2D eigenvalue weighted by molar-refractivity contribution is 6.02. The molecule has 5 aromatic rings. The molecule has 0 saturated carbocycles. The Balaban J connectivity index is 1.68. The number of allylic oxidation sites excluding steroid dienone is 4. The van der Waals surface area contributed by atoms with E-state index in [1.54, 1.807) is 0 Å². The molecule has 6 rings (SSSR count). The fraction of sp³-hybridized carbons (Fsp3) is 0.263. The molecule has 1 heterocycles. The van der Waals surface area contributed by atoms with Crippen molar-refractivity contribution in [3.8, 4) is 16.9 Å². The zero-order chi connectivity index (χ0) is 27.4. The third-order valence-corrected chi connectivity index (χ3v) is 8.15. The summed E-state index contributed by atoms with van der Waals surface area (Å²) in [6.07, 6.45) is 10.00. The minimum Gasteiger partial charge on any atom is -0.313 e. The van der Waals surface area contributed by atoms with Gasteiger partial charge in [0.25, 0.3) is 0 Å². The summed E-state index contributed by atoms with van der Waals surface area (Å²) in [4.78, 5) is 0. The van der Waals surface area contributed by atoms with Gasteiger partial charge >= 0.3 is 0 Å². The van der Waals surface area contributed by atoms with Crippen molar-refractivity contribution >= 4 is 21.5 Å². The third-order valence-electron chi connectivity index (χ3n) is 8.15. The van der Waals surface area contributed by atoms with Crippen molar-refractivity contribution < 1.29 is 0 Å². The Morgan fingerprint density at radius 3 is 2.05 bits per heavy atom. The van der Waals surface area contributed by atoms with E-state index in [0.29, 0.717) is 5.92 Å². The van der Waals surface area contributed by atoms with E-state index in [4.69, 9.17) is 0 Å². The number of hydrogen-bond donors (Lipinski definition) is 0. The molecule has 0 radical (unpaired) electrons. The highest BCUT2D eigenvalue weighted by atomic mass is 15.0. The van der Waals surface area contributed by atoms with Crippen LogP contribution in [0.2, 0.25) is 0 Å². The first-order valence-electron chi connectivity index (χ1n) is 14.2. The smallest absolute Gasteiger partial charge is 0.0531 e. The summed E-state index contributed by atoms with van der Waals surface area (Å²) in [6, 6.07) is 31.9. The van der Waals surface area contributed by atoms with Gasteiger partial charge in [0.2, 0.25) is 0 Å². The largest absolute Gasteiger partial charge is 0.313 e. The van der Waals surface area contributed by atoms with Gasteiger partial charge in [-0.1, -0.05) is 114 Å². The van der Waals surface area contributed by atoms with E-state index in [-0.39, 0.29) is 10.8 Å². The monoisotopic (exact) mass is 509 g/mol. The minimum absolute atomic E-state index is 0.00270. The zero-order valence-electron chi connectivity index (χ0n) is 24.1. The van der Waals surface area contributed by atoms with Crippen LogP contribution in [-0.2, 0) is 10.8 Å². The Bertz CT molecular complexity index is 1730. The highest BCUT2D eigenvalue weighted by Gasteiger charge is 2.24. The molecule has 0 bridgehead atoms. The van der Waals surface area contributed by atoms with E-state index in [9.17, 15) is 0 Å².